The summed E-state index contributed by atoms with van der Waals surface area (Å²) in [5.41, 5.74) is -0.738. The highest BCUT2D eigenvalue weighted by molar-refractivity contribution is 5.80. The summed E-state index contributed by atoms with van der Waals surface area (Å²) in [6, 6.07) is 0. The molecule has 1 N–H and O–H groups in total. The second-order valence-electron chi connectivity index (χ2n) is 6.28. The Morgan fingerprint density at radius 3 is 2.33 bits per heavy atom. The second kappa shape index (κ2) is 4.90. The van der Waals surface area contributed by atoms with Crippen molar-refractivity contribution in [3.8, 4) is 0 Å². The molecule has 0 unspecified atom stereocenters. The Labute approximate surface area is 108 Å². The van der Waals surface area contributed by atoms with E-state index in [4.69, 9.17) is 0 Å². The van der Waals surface area contributed by atoms with Gasteiger partial charge in [-0.25, -0.2) is 0 Å². The van der Waals surface area contributed by atoms with Crippen molar-refractivity contribution in [2.45, 2.75) is 46.0 Å². The average molecular weight is 253 g/mol. The van der Waals surface area contributed by atoms with Gasteiger partial charge in [0, 0.05) is 19.0 Å². The van der Waals surface area contributed by atoms with Crippen molar-refractivity contribution in [1.29, 1.82) is 0 Å². The summed E-state index contributed by atoms with van der Waals surface area (Å²) in [5, 5.41) is 9.28. The molecule has 1 amide bonds. The van der Waals surface area contributed by atoms with Gasteiger partial charge in [0.1, 0.15) is 0 Å². The van der Waals surface area contributed by atoms with Gasteiger partial charge >= 0.3 is 5.97 Å². The number of carboxylic acid groups (broad SMARTS) is 1. The Hall–Kier alpha value is -1.06. The normalized spacial score (nSPS) is 25.7. The minimum absolute atomic E-state index is 0.0766. The molecule has 0 radical (unpaired) electrons. The lowest BCUT2D eigenvalue weighted by Crippen LogP contribution is -2.49. The molecular weight excluding hydrogens is 230 g/mol. The SMILES string of the molecule is CC(C)(C(=O)O)[C@H]1CCCN(C(=O)C2CCC2)C1. The Morgan fingerprint density at radius 2 is 1.83 bits per heavy atom. The van der Waals surface area contributed by atoms with E-state index in [-0.39, 0.29) is 17.7 Å². The van der Waals surface area contributed by atoms with Crippen molar-refractivity contribution in [2.24, 2.45) is 17.3 Å². The first-order valence-corrected chi connectivity index (χ1v) is 6.95. The van der Waals surface area contributed by atoms with Crippen LogP contribution in [0.2, 0.25) is 0 Å². The highest BCUT2D eigenvalue weighted by atomic mass is 16.4. The number of carbonyl (C=O) groups is 2. The summed E-state index contributed by atoms with van der Waals surface area (Å²) in [5.74, 6) is -0.206. The van der Waals surface area contributed by atoms with Crippen molar-refractivity contribution in [3.63, 3.8) is 0 Å². The summed E-state index contributed by atoms with van der Waals surface area (Å²) in [7, 11) is 0. The van der Waals surface area contributed by atoms with Gasteiger partial charge in [-0.05, 0) is 45.4 Å². The smallest absolute Gasteiger partial charge is 0.309 e. The number of nitrogens with zero attached hydrogens (tertiary/aromatic N) is 1. The van der Waals surface area contributed by atoms with Crippen molar-refractivity contribution in [2.75, 3.05) is 13.1 Å². The van der Waals surface area contributed by atoms with E-state index >= 15 is 0 Å². The van der Waals surface area contributed by atoms with Crippen LogP contribution in [0.3, 0.4) is 0 Å². The lowest BCUT2D eigenvalue weighted by molar-refractivity contribution is -0.154. The highest BCUT2D eigenvalue weighted by Gasteiger charge is 2.41. The maximum atomic E-state index is 12.2. The van der Waals surface area contributed by atoms with Crippen LogP contribution in [0, 0.1) is 17.3 Å². The van der Waals surface area contributed by atoms with E-state index in [0.29, 0.717) is 6.54 Å². The summed E-state index contributed by atoms with van der Waals surface area (Å²) in [6.45, 7) is 4.98. The molecule has 0 bridgehead atoms. The highest BCUT2D eigenvalue weighted by Crippen LogP contribution is 2.36. The molecule has 2 aliphatic rings. The van der Waals surface area contributed by atoms with Gasteiger partial charge in [-0.1, -0.05) is 6.42 Å². The fraction of sp³-hybridized carbons (Fsp3) is 0.857. The monoisotopic (exact) mass is 253 g/mol. The molecule has 1 aliphatic heterocycles. The summed E-state index contributed by atoms with van der Waals surface area (Å²) >= 11 is 0. The fourth-order valence-corrected chi connectivity index (χ4v) is 2.85. The van der Waals surface area contributed by atoms with E-state index < -0.39 is 11.4 Å². The summed E-state index contributed by atoms with van der Waals surface area (Å²) in [6.07, 6.45) is 5.03. The van der Waals surface area contributed by atoms with Gasteiger partial charge in [-0.2, -0.15) is 0 Å². The molecule has 1 saturated heterocycles. The molecule has 1 saturated carbocycles. The molecular formula is C14H23NO3. The van der Waals surface area contributed by atoms with Crippen LogP contribution in [0.25, 0.3) is 0 Å². The number of piperidine rings is 1. The number of carbonyl (C=O) groups excluding carboxylic acids is 1. The van der Waals surface area contributed by atoms with Crippen molar-refractivity contribution >= 4 is 11.9 Å². The zero-order valence-electron chi connectivity index (χ0n) is 11.3. The molecule has 0 aromatic rings. The lowest BCUT2D eigenvalue weighted by atomic mass is 9.74. The molecule has 18 heavy (non-hydrogen) atoms. The van der Waals surface area contributed by atoms with Crippen LogP contribution < -0.4 is 0 Å². The first kappa shape index (κ1) is 13.4. The van der Waals surface area contributed by atoms with E-state index in [9.17, 15) is 14.7 Å². The number of rotatable bonds is 3. The quantitative estimate of drug-likeness (QED) is 0.838. The first-order valence-electron chi connectivity index (χ1n) is 6.95. The number of aliphatic carboxylic acids is 1. The third-order valence-corrected chi connectivity index (χ3v) is 4.76. The fourth-order valence-electron chi connectivity index (χ4n) is 2.85. The molecule has 0 aromatic carbocycles. The van der Waals surface area contributed by atoms with Crippen LogP contribution in [-0.2, 0) is 9.59 Å². The largest absolute Gasteiger partial charge is 0.481 e. The third kappa shape index (κ3) is 2.38. The standard InChI is InChI=1S/C14H23NO3/c1-14(2,13(17)18)11-7-4-8-15(9-11)12(16)10-5-3-6-10/h10-11H,3-9H2,1-2H3,(H,17,18)/t11-/m0/s1. The zero-order valence-corrected chi connectivity index (χ0v) is 11.3. The molecule has 102 valence electrons. The molecule has 2 rings (SSSR count). The summed E-state index contributed by atoms with van der Waals surface area (Å²) < 4.78 is 0. The van der Waals surface area contributed by atoms with E-state index in [0.717, 1.165) is 38.6 Å². The van der Waals surface area contributed by atoms with Gasteiger partial charge in [0.2, 0.25) is 5.91 Å². The minimum atomic E-state index is -0.759. The van der Waals surface area contributed by atoms with Crippen LogP contribution in [0.4, 0.5) is 0 Å². The Balaban J connectivity index is 1.99. The third-order valence-electron chi connectivity index (χ3n) is 4.76. The maximum absolute atomic E-state index is 12.2. The van der Waals surface area contributed by atoms with Crippen molar-refractivity contribution < 1.29 is 14.7 Å². The lowest BCUT2D eigenvalue weighted by Gasteiger charge is -2.41. The molecule has 4 nitrogen and oxygen atoms in total. The number of hydrogen-bond donors (Lipinski definition) is 1. The number of likely N-dealkylation sites (tertiary alicyclic amines) is 1. The molecule has 1 heterocycles. The molecule has 2 fully saturated rings. The van der Waals surface area contributed by atoms with Gasteiger partial charge in [0.05, 0.1) is 5.41 Å². The van der Waals surface area contributed by atoms with Gasteiger partial charge in [-0.15, -0.1) is 0 Å². The van der Waals surface area contributed by atoms with E-state index in [2.05, 4.69) is 0 Å². The van der Waals surface area contributed by atoms with Gasteiger partial charge in [-0.3, -0.25) is 9.59 Å². The number of amides is 1. The Bertz CT molecular complexity index is 347. The zero-order chi connectivity index (χ0) is 13.3. The Kier molecular flexibility index (Phi) is 3.64. The van der Waals surface area contributed by atoms with Crippen LogP contribution in [-0.4, -0.2) is 35.0 Å². The van der Waals surface area contributed by atoms with Crippen LogP contribution >= 0.6 is 0 Å². The topological polar surface area (TPSA) is 57.6 Å². The van der Waals surface area contributed by atoms with E-state index in [1.807, 2.05) is 4.90 Å². The van der Waals surface area contributed by atoms with Crippen molar-refractivity contribution in [1.82, 2.24) is 4.90 Å². The number of carboxylic acids is 1. The maximum Gasteiger partial charge on any atom is 0.309 e. The van der Waals surface area contributed by atoms with Gasteiger partial charge < -0.3 is 10.0 Å². The predicted octanol–water partition coefficient (Wildman–Crippen LogP) is 2.14. The second-order valence-corrected chi connectivity index (χ2v) is 6.28. The van der Waals surface area contributed by atoms with Crippen LogP contribution in [0.5, 0.6) is 0 Å². The number of hydrogen-bond acceptors (Lipinski definition) is 2. The molecule has 0 aromatic heterocycles. The van der Waals surface area contributed by atoms with Gasteiger partial charge in [0.25, 0.3) is 0 Å². The average Bonchev–Trinajstić information content (AvgIpc) is 2.26. The molecule has 1 atom stereocenters. The minimum Gasteiger partial charge on any atom is -0.481 e. The van der Waals surface area contributed by atoms with E-state index in [1.54, 1.807) is 13.8 Å². The molecule has 1 aliphatic carbocycles. The molecule has 0 spiro atoms. The van der Waals surface area contributed by atoms with E-state index in [1.165, 1.54) is 0 Å². The predicted molar refractivity (Wildman–Crippen MR) is 68.1 cm³/mol. The van der Waals surface area contributed by atoms with Gasteiger partial charge in [0.15, 0.2) is 0 Å². The van der Waals surface area contributed by atoms with Crippen LogP contribution in [0.1, 0.15) is 46.0 Å². The summed E-state index contributed by atoms with van der Waals surface area (Å²) in [4.78, 5) is 25.4. The van der Waals surface area contributed by atoms with Crippen molar-refractivity contribution in [3.05, 3.63) is 0 Å². The molecule has 4 heteroatoms. The first-order chi connectivity index (χ1) is 8.43. The van der Waals surface area contributed by atoms with Crippen LogP contribution in [0.15, 0.2) is 0 Å². The Morgan fingerprint density at radius 1 is 1.17 bits per heavy atom.